The number of imidazole rings is 1. The van der Waals surface area contributed by atoms with Gasteiger partial charge in [0.05, 0.1) is 0 Å². The maximum Gasteiger partial charge on any atom is 0.114 e. The molecule has 0 spiro atoms. The zero-order valence-electron chi connectivity index (χ0n) is 12.7. The van der Waals surface area contributed by atoms with Crippen molar-refractivity contribution in [3.05, 3.63) is 18.2 Å². The molecule has 0 bridgehead atoms. The Bertz CT molecular complexity index is 411. The molecule has 2 nitrogen and oxygen atoms in total. The summed E-state index contributed by atoms with van der Waals surface area (Å²) in [5.74, 6) is 2.51. The molecule has 0 saturated heterocycles. The normalized spacial score (nSPS) is 28.6. The lowest BCUT2D eigenvalue weighted by Crippen LogP contribution is -2.40. The molecule has 0 N–H and O–H groups in total. The zero-order valence-corrected chi connectivity index (χ0v) is 13.5. The van der Waals surface area contributed by atoms with Crippen molar-refractivity contribution in [2.45, 2.75) is 70.7 Å². The van der Waals surface area contributed by atoms with Crippen LogP contribution in [0.4, 0.5) is 0 Å². The second kappa shape index (κ2) is 5.87. The fraction of sp³-hybridized carbons (Fsp3) is 0.812. The van der Waals surface area contributed by atoms with Crippen molar-refractivity contribution in [3.8, 4) is 0 Å². The number of halogens is 1. The highest BCUT2D eigenvalue weighted by Crippen LogP contribution is 2.44. The molecule has 0 aliphatic heterocycles. The second-order valence-electron chi connectivity index (χ2n) is 6.71. The monoisotopic (exact) mass is 282 g/mol. The summed E-state index contributed by atoms with van der Waals surface area (Å²) in [5.41, 5.74) is 0.0607. The van der Waals surface area contributed by atoms with Crippen LogP contribution in [-0.2, 0) is 12.0 Å². The Labute approximate surface area is 122 Å². The van der Waals surface area contributed by atoms with E-state index in [1.165, 1.54) is 18.7 Å². The predicted octanol–water partition coefficient (Wildman–Crippen LogP) is 4.61. The van der Waals surface area contributed by atoms with E-state index in [-0.39, 0.29) is 10.8 Å². The van der Waals surface area contributed by atoms with Crippen molar-refractivity contribution in [3.63, 3.8) is 0 Å². The van der Waals surface area contributed by atoms with Crippen LogP contribution >= 0.6 is 11.6 Å². The summed E-state index contributed by atoms with van der Waals surface area (Å²) >= 11 is 6.67. The van der Waals surface area contributed by atoms with Gasteiger partial charge < -0.3 is 4.57 Å². The van der Waals surface area contributed by atoms with Crippen LogP contribution in [0.25, 0.3) is 0 Å². The summed E-state index contributed by atoms with van der Waals surface area (Å²) in [4.78, 5) is 4.64. The van der Waals surface area contributed by atoms with Crippen LogP contribution in [0.5, 0.6) is 0 Å². The Morgan fingerprint density at radius 2 is 2.16 bits per heavy atom. The second-order valence-corrected chi connectivity index (χ2v) is 7.27. The number of aryl methyl sites for hydroxylation is 1. The van der Waals surface area contributed by atoms with Crippen LogP contribution < -0.4 is 0 Å². The van der Waals surface area contributed by atoms with Gasteiger partial charge in [0, 0.05) is 29.7 Å². The lowest BCUT2D eigenvalue weighted by Gasteiger charge is -2.41. The van der Waals surface area contributed by atoms with Crippen LogP contribution in [0.3, 0.4) is 0 Å². The number of hydrogen-bond donors (Lipinski definition) is 0. The zero-order chi connectivity index (χ0) is 14.0. The van der Waals surface area contributed by atoms with Crippen molar-refractivity contribution in [1.29, 1.82) is 0 Å². The van der Waals surface area contributed by atoms with E-state index in [4.69, 9.17) is 11.6 Å². The molecule has 1 aromatic rings. The fourth-order valence-corrected chi connectivity index (χ4v) is 4.32. The van der Waals surface area contributed by atoms with Gasteiger partial charge in [-0.05, 0) is 31.1 Å². The highest BCUT2D eigenvalue weighted by Gasteiger charge is 2.41. The summed E-state index contributed by atoms with van der Waals surface area (Å²) < 4.78 is 2.31. The first-order valence-corrected chi connectivity index (χ1v) is 8.06. The van der Waals surface area contributed by atoms with E-state index in [1.54, 1.807) is 0 Å². The minimum absolute atomic E-state index is 0.0607. The largest absolute Gasteiger partial charge is 0.334 e. The van der Waals surface area contributed by atoms with E-state index in [0.717, 1.165) is 25.3 Å². The van der Waals surface area contributed by atoms with Gasteiger partial charge in [0.2, 0.25) is 0 Å². The maximum atomic E-state index is 6.67. The Morgan fingerprint density at radius 1 is 1.42 bits per heavy atom. The Balaban J connectivity index is 2.23. The summed E-state index contributed by atoms with van der Waals surface area (Å²) in [7, 11) is 0. The number of rotatable bonds is 4. The highest BCUT2D eigenvalue weighted by molar-refractivity contribution is 6.20. The molecule has 3 atom stereocenters. The van der Waals surface area contributed by atoms with Gasteiger partial charge in [0.1, 0.15) is 5.82 Å². The molecule has 1 aliphatic carbocycles. The molecule has 108 valence electrons. The fourth-order valence-electron chi connectivity index (χ4n) is 3.58. The molecular formula is C16H27ClN2. The van der Waals surface area contributed by atoms with Crippen LogP contribution in [-0.4, -0.2) is 14.9 Å². The lowest BCUT2D eigenvalue weighted by molar-refractivity contribution is 0.196. The topological polar surface area (TPSA) is 17.8 Å². The van der Waals surface area contributed by atoms with E-state index >= 15 is 0 Å². The van der Waals surface area contributed by atoms with E-state index < -0.39 is 0 Å². The van der Waals surface area contributed by atoms with Gasteiger partial charge in [-0.25, -0.2) is 4.98 Å². The van der Waals surface area contributed by atoms with Crippen molar-refractivity contribution >= 4 is 11.6 Å². The molecule has 0 radical (unpaired) electrons. The standard InChI is InChI=1S/C16H27ClN2/c1-5-9-19-10-8-18-15(19)16(3,4)13-7-6-12(2)11-14(13)17/h8,10,12-14H,5-7,9,11H2,1-4H3. The smallest absolute Gasteiger partial charge is 0.114 e. The molecule has 3 unspecified atom stereocenters. The van der Waals surface area contributed by atoms with Gasteiger partial charge in [0.25, 0.3) is 0 Å². The minimum atomic E-state index is 0.0607. The van der Waals surface area contributed by atoms with Crippen LogP contribution in [0.15, 0.2) is 12.4 Å². The summed E-state index contributed by atoms with van der Waals surface area (Å²) in [5, 5.41) is 0.283. The predicted molar refractivity (Wildman–Crippen MR) is 81.7 cm³/mol. The first-order valence-electron chi connectivity index (χ1n) is 7.62. The molecule has 0 aromatic carbocycles. The maximum absolute atomic E-state index is 6.67. The third kappa shape index (κ3) is 2.99. The molecule has 2 rings (SSSR count). The molecule has 1 saturated carbocycles. The van der Waals surface area contributed by atoms with Crippen LogP contribution in [0.2, 0.25) is 0 Å². The van der Waals surface area contributed by atoms with Crippen LogP contribution in [0, 0.1) is 11.8 Å². The summed E-state index contributed by atoms with van der Waals surface area (Å²) in [6.45, 7) is 10.2. The third-order valence-corrected chi connectivity index (χ3v) is 5.20. The molecule has 1 aliphatic rings. The molecule has 1 heterocycles. The minimum Gasteiger partial charge on any atom is -0.334 e. The van der Waals surface area contributed by atoms with E-state index in [0.29, 0.717) is 5.92 Å². The lowest BCUT2D eigenvalue weighted by atomic mass is 9.68. The number of hydrogen-bond acceptors (Lipinski definition) is 1. The molecule has 1 fully saturated rings. The van der Waals surface area contributed by atoms with Gasteiger partial charge in [-0.3, -0.25) is 0 Å². The van der Waals surface area contributed by atoms with Gasteiger partial charge >= 0.3 is 0 Å². The molecular weight excluding hydrogens is 256 g/mol. The first kappa shape index (κ1) is 14.9. The van der Waals surface area contributed by atoms with Gasteiger partial charge in [-0.1, -0.05) is 34.1 Å². The Morgan fingerprint density at radius 3 is 2.79 bits per heavy atom. The van der Waals surface area contributed by atoms with Crippen molar-refractivity contribution < 1.29 is 0 Å². The number of nitrogens with zero attached hydrogens (tertiary/aromatic N) is 2. The molecule has 0 amide bonds. The van der Waals surface area contributed by atoms with E-state index in [1.807, 2.05) is 6.20 Å². The molecule has 3 heteroatoms. The number of aromatic nitrogens is 2. The van der Waals surface area contributed by atoms with Crippen molar-refractivity contribution in [2.75, 3.05) is 0 Å². The van der Waals surface area contributed by atoms with Gasteiger partial charge in [-0.15, -0.1) is 11.6 Å². The van der Waals surface area contributed by atoms with Crippen molar-refractivity contribution in [2.24, 2.45) is 11.8 Å². The van der Waals surface area contributed by atoms with Crippen molar-refractivity contribution in [1.82, 2.24) is 9.55 Å². The summed E-state index contributed by atoms with van der Waals surface area (Å²) in [6.07, 6.45) is 8.85. The Hall–Kier alpha value is -0.500. The van der Waals surface area contributed by atoms with Gasteiger partial charge in [-0.2, -0.15) is 0 Å². The van der Waals surface area contributed by atoms with E-state index in [2.05, 4.69) is 43.4 Å². The average Bonchev–Trinajstić information content (AvgIpc) is 2.78. The average molecular weight is 283 g/mol. The molecule has 19 heavy (non-hydrogen) atoms. The number of alkyl halides is 1. The Kier molecular flexibility index (Phi) is 4.60. The third-order valence-electron chi connectivity index (χ3n) is 4.72. The van der Waals surface area contributed by atoms with Crippen LogP contribution in [0.1, 0.15) is 59.2 Å². The van der Waals surface area contributed by atoms with Gasteiger partial charge in [0.15, 0.2) is 0 Å². The quantitative estimate of drug-likeness (QED) is 0.737. The summed E-state index contributed by atoms with van der Waals surface area (Å²) in [6, 6.07) is 0. The first-order chi connectivity index (χ1) is 8.96. The molecule has 1 aromatic heterocycles. The highest BCUT2D eigenvalue weighted by atomic mass is 35.5. The van der Waals surface area contributed by atoms with E-state index in [9.17, 15) is 0 Å². The SMILES string of the molecule is CCCn1ccnc1C(C)(C)C1CCC(C)CC1Cl.